The maximum atomic E-state index is 14.2. The Morgan fingerprint density at radius 3 is 2.39 bits per heavy atom. The van der Waals surface area contributed by atoms with Crippen molar-refractivity contribution in [3.05, 3.63) is 101 Å². The van der Waals surface area contributed by atoms with E-state index < -0.39 is 42.5 Å². The quantitative estimate of drug-likeness (QED) is 0.392. The number of nitrogens with zero attached hydrogens (tertiary/aromatic N) is 1. The Morgan fingerprint density at radius 2 is 1.68 bits per heavy atom. The van der Waals surface area contributed by atoms with Gasteiger partial charge in [0, 0.05) is 0 Å². The number of phenolic OH excluding ortho intramolecular Hbond substituents is 1. The topological polar surface area (TPSA) is 96.3 Å². The van der Waals surface area contributed by atoms with Crippen LogP contribution in [0.5, 0.6) is 11.5 Å². The molecule has 2 fully saturated rings. The van der Waals surface area contributed by atoms with Crippen LogP contribution in [-0.2, 0) is 14.2 Å². The zero-order valence-corrected chi connectivity index (χ0v) is 20.4. The number of fused-ring (bicyclic) bond motifs is 3. The highest BCUT2D eigenvalue weighted by Gasteiger charge is 2.58. The Bertz CT molecular complexity index is 1420. The summed E-state index contributed by atoms with van der Waals surface area (Å²) in [5, 5.41) is 20.8. The molecule has 0 radical (unpaired) electrons. The standard InChI is InChI=1S/C29H25BFNO6/c31-23-14-17(11-12-24(23)33)25-15-21-26-22(28(34)32(29(26)35)19-7-3-1-4-8-19)13-18(27(21)30(36)38-25)16-37-20-9-5-2-6-10-20/h1-12,14,21-22,25-26,33,36H,13,15-16H2/t21-,22-,25-,26+/m0/s1. The summed E-state index contributed by atoms with van der Waals surface area (Å²) in [6, 6.07) is 22.0. The molecule has 0 bridgehead atoms. The molecule has 3 aromatic carbocycles. The SMILES string of the molecule is O=C1[C@H]2[C@H](CC(COc3ccccc3)=C3B(O)O[C@H](c4ccc(O)c(F)c4)C[C@H]32)C(=O)N1c1ccccc1. The molecule has 0 aromatic heterocycles. The van der Waals surface area contributed by atoms with E-state index in [2.05, 4.69) is 0 Å². The fraction of sp³-hybridized carbons (Fsp3) is 0.241. The molecule has 0 unspecified atom stereocenters. The van der Waals surface area contributed by atoms with Crippen LogP contribution in [0.1, 0.15) is 24.5 Å². The fourth-order valence-corrected chi connectivity index (χ4v) is 6.00. The Kier molecular flexibility index (Phi) is 6.25. The number of rotatable bonds is 5. The lowest BCUT2D eigenvalue weighted by Crippen LogP contribution is -2.45. The Hall–Kier alpha value is -3.95. The normalized spacial score (nSPS) is 24.9. The minimum atomic E-state index is -1.36. The highest BCUT2D eigenvalue weighted by Crippen LogP contribution is 2.52. The molecule has 3 aromatic rings. The van der Waals surface area contributed by atoms with Crippen molar-refractivity contribution in [3.8, 4) is 11.5 Å². The second-order valence-electron chi connectivity index (χ2n) is 9.87. The molecule has 2 saturated heterocycles. The average Bonchev–Trinajstić information content (AvgIpc) is 3.19. The number of hydrogen-bond donors (Lipinski definition) is 2. The first-order valence-electron chi connectivity index (χ1n) is 12.6. The molecule has 7 nitrogen and oxygen atoms in total. The van der Waals surface area contributed by atoms with Crippen molar-refractivity contribution in [2.75, 3.05) is 11.5 Å². The summed E-state index contributed by atoms with van der Waals surface area (Å²) in [7, 11) is -1.36. The highest BCUT2D eigenvalue weighted by atomic mass is 19.1. The highest BCUT2D eigenvalue weighted by molar-refractivity contribution is 6.53. The van der Waals surface area contributed by atoms with Crippen LogP contribution in [0, 0.1) is 23.6 Å². The zero-order valence-electron chi connectivity index (χ0n) is 20.4. The van der Waals surface area contributed by atoms with Crippen LogP contribution in [0.4, 0.5) is 10.1 Å². The summed E-state index contributed by atoms with van der Waals surface area (Å²) in [5.41, 5.74) is 2.21. The number of para-hydroxylation sites is 2. The van der Waals surface area contributed by atoms with E-state index in [1.54, 1.807) is 24.3 Å². The van der Waals surface area contributed by atoms with Crippen LogP contribution in [0.3, 0.4) is 0 Å². The average molecular weight is 513 g/mol. The van der Waals surface area contributed by atoms with E-state index in [0.717, 1.165) is 5.57 Å². The van der Waals surface area contributed by atoms with E-state index in [1.807, 2.05) is 36.4 Å². The zero-order chi connectivity index (χ0) is 26.4. The van der Waals surface area contributed by atoms with Crippen LogP contribution in [0.15, 0.2) is 89.9 Å². The van der Waals surface area contributed by atoms with E-state index in [0.29, 0.717) is 22.5 Å². The molecule has 2 N–H and O–H groups in total. The van der Waals surface area contributed by atoms with Gasteiger partial charge in [0.05, 0.1) is 23.6 Å². The minimum absolute atomic E-state index is 0.130. The van der Waals surface area contributed by atoms with Crippen molar-refractivity contribution in [3.63, 3.8) is 0 Å². The number of anilines is 1. The second kappa shape index (κ2) is 9.74. The third-order valence-electron chi connectivity index (χ3n) is 7.73. The third-order valence-corrected chi connectivity index (χ3v) is 7.73. The van der Waals surface area contributed by atoms with Crippen molar-refractivity contribution >= 4 is 24.6 Å². The molecule has 9 heteroatoms. The minimum Gasteiger partial charge on any atom is -0.505 e. The Labute approximate surface area is 219 Å². The molecule has 2 aliphatic heterocycles. The van der Waals surface area contributed by atoms with Gasteiger partial charge in [-0.15, -0.1) is 0 Å². The van der Waals surface area contributed by atoms with Gasteiger partial charge in [-0.3, -0.25) is 14.5 Å². The number of amides is 2. The summed E-state index contributed by atoms with van der Waals surface area (Å²) in [6.07, 6.45) is -0.220. The van der Waals surface area contributed by atoms with Gasteiger partial charge in [-0.05, 0) is 71.8 Å². The van der Waals surface area contributed by atoms with Gasteiger partial charge in [0.15, 0.2) is 11.6 Å². The number of carbonyl (C=O) groups is 2. The molecule has 38 heavy (non-hydrogen) atoms. The van der Waals surface area contributed by atoms with Crippen molar-refractivity contribution < 1.29 is 33.5 Å². The summed E-state index contributed by atoms with van der Waals surface area (Å²) >= 11 is 0. The van der Waals surface area contributed by atoms with Gasteiger partial charge in [-0.1, -0.05) is 42.5 Å². The van der Waals surface area contributed by atoms with Gasteiger partial charge in [-0.25, -0.2) is 4.39 Å². The molecular weight excluding hydrogens is 488 g/mol. The fourth-order valence-electron chi connectivity index (χ4n) is 6.00. The summed E-state index contributed by atoms with van der Waals surface area (Å²) in [4.78, 5) is 28.6. The van der Waals surface area contributed by atoms with Crippen molar-refractivity contribution in [2.24, 2.45) is 17.8 Å². The number of hydrogen-bond acceptors (Lipinski definition) is 6. The van der Waals surface area contributed by atoms with Crippen molar-refractivity contribution in [2.45, 2.75) is 18.9 Å². The summed E-state index contributed by atoms with van der Waals surface area (Å²) < 4.78 is 26.1. The van der Waals surface area contributed by atoms with Gasteiger partial charge in [0.25, 0.3) is 0 Å². The Balaban J connectivity index is 1.38. The van der Waals surface area contributed by atoms with Crippen molar-refractivity contribution in [1.29, 1.82) is 0 Å². The first-order valence-corrected chi connectivity index (χ1v) is 12.6. The number of imide groups is 1. The van der Waals surface area contributed by atoms with E-state index in [-0.39, 0.29) is 31.3 Å². The monoisotopic (exact) mass is 513 g/mol. The van der Waals surface area contributed by atoms with Gasteiger partial charge in [0.2, 0.25) is 11.8 Å². The predicted octanol–water partition coefficient (Wildman–Crippen LogP) is 4.21. The molecule has 2 heterocycles. The maximum Gasteiger partial charge on any atom is 0.487 e. The lowest BCUT2D eigenvalue weighted by atomic mass is 9.55. The molecule has 6 rings (SSSR count). The maximum absolute atomic E-state index is 14.2. The number of halogens is 1. The second-order valence-corrected chi connectivity index (χ2v) is 9.87. The number of allylic oxidation sites excluding steroid dienone is 1. The van der Waals surface area contributed by atoms with E-state index in [1.165, 1.54) is 23.1 Å². The van der Waals surface area contributed by atoms with Crippen molar-refractivity contribution in [1.82, 2.24) is 0 Å². The molecule has 3 aliphatic rings. The first kappa shape index (κ1) is 24.4. The number of phenols is 1. The molecular formula is C29H25BFNO6. The van der Waals surface area contributed by atoms with E-state index in [9.17, 15) is 24.1 Å². The lowest BCUT2D eigenvalue weighted by Gasteiger charge is -2.42. The largest absolute Gasteiger partial charge is 0.505 e. The first-order chi connectivity index (χ1) is 18.4. The van der Waals surface area contributed by atoms with E-state index >= 15 is 0 Å². The Morgan fingerprint density at radius 1 is 0.974 bits per heavy atom. The molecule has 1 aliphatic carbocycles. The molecule has 0 saturated carbocycles. The van der Waals surface area contributed by atoms with Crippen LogP contribution in [-0.4, -0.2) is 35.7 Å². The van der Waals surface area contributed by atoms with Gasteiger partial charge in [-0.2, -0.15) is 0 Å². The number of benzene rings is 3. The number of aromatic hydroxyl groups is 1. The third kappa shape index (κ3) is 4.17. The predicted molar refractivity (Wildman–Crippen MR) is 137 cm³/mol. The lowest BCUT2D eigenvalue weighted by molar-refractivity contribution is -0.123. The van der Waals surface area contributed by atoms with Gasteiger partial charge < -0.3 is 19.5 Å². The van der Waals surface area contributed by atoms with Crippen LogP contribution in [0.25, 0.3) is 0 Å². The van der Waals surface area contributed by atoms with Crippen LogP contribution < -0.4 is 9.64 Å². The number of ether oxygens (including phenoxy) is 1. The van der Waals surface area contributed by atoms with Crippen LogP contribution >= 0.6 is 0 Å². The molecule has 0 spiro atoms. The summed E-state index contributed by atoms with van der Waals surface area (Å²) in [6.45, 7) is 0.130. The smallest absolute Gasteiger partial charge is 0.487 e. The molecule has 2 amide bonds. The van der Waals surface area contributed by atoms with Crippen LogP contribution in [0.2, 0.25) is 0 Å². The molecule has 4 atom stereocenters. The number of carbonyl (C=O) groups excluding carboxylic acids is 2. The molecule has 192 valence electrons. The summed E-state index contributed by atoms with van der Waals surface area (Å²) in [5.74, 6) is -3.07. The van der Waals surface area contributed by atoms with Gasteiger partial charge in [0.1, 0.15) is 12.4 Å². The van der Waals surface area contributed by atoms with Gasteiger partial charge >= 0.3 is 7.12 Å². The van der Waals surface area contributed by atoms with E-state index in [4.69, 9.17) is 9.39 Å².